The standard InChI is InChI=1S/C23H22N2O4S/c1-2-28-22(27)15-30-23-20(13-24)19(12-21(26)25-23)17-8-10-18(11-9-17)29-14-16-6-4-3-5-7-16/h3-11,19H,2,12,14-15H2,1H3,(H,25,26)/t19-/m1/s1. The molecule has 1 atom stereocenters. The predicted octanol–water partition coefficient (Wildman–Crippen LogP) is 3.90. The molecule has 1 amide bonds. The number of thioether (sulfide) groups is 1. The molecule has 1 N–H and O–H groups in total. The van der Waals surface area contributed by atoms with Gasteiger partial charge in [0.15, 0.2) is 0 Å². The molecule has 7 heteroatoms. The summed E-state index contributed by atoms with van der Waals surface area (Å²) in [5.74, 6) is -0.189. The minimum Gasteiger partial charge on any atom is -0.489 e. The van der Waals surface area contributed by atoms with Gasteiger partial charge in [-0.2, -0.15) is 5.26 Å². The summed E-state index contributed by atoms with van der Waals surface area (Å²) in [6, 6.07) is 19.5. The summed E-state index contributed by atoms with van der Waals surface area (Å²) in [4.78, 5) is 23.8. The molecule has 1 aliphatic rings. The van der Waals surface area contributed by atoms with Crippen LogP contribution in [0, 0.1) is 11.3 Å². The number of benzene rings is 2. The van der Waals surface area contributed by atoms with Crippen molar-refractivity contribution in [3.05, 3.63) is 76.3 Å². The molecule has 1 aliphatic heterocycles. The largest absolute Gasteiger partial charge is 0.489 e. The van der Waals surface area contributed by atoms with Gasteiger partial charge in [0, 0.05) is 12.3 Å². The van der Waals surface area contributed by atoms with Crippen molar-refractivity contribution in [2.75, 3.05) is 12.4 Å². The Morgan fingerprint density at radius 1 is 1.20 bits per heavy atom. The van der Waals surface area contributed by atoms with E-state index in [4.69, 9.17) is 9.47 Å². The fourth-order valence-corrected chi connectivity index (χ4v) is 3.96. The molecule has 0 saturated heterocycles. The van der Waals surface area contributed by atoms with E-state index in [0.717, 1.165) is 22.9 Å². The molecule has 154 valence electrons. The van der Waals surface area contributed by atoms with Gasteiger partial charge < -0.3 is 14.8 Å². The van der Waals surface area contributed by atoms with E-state index in [1.165, 1.54) is 0 Å². The number of hydrogen-bond acceptors (Lipinski definition) is 6. The SMILES string of the molecule is CCOC(=O)CSC1=C(C#N)[C@@H](c2ccc(OCc3ccccc3)cc2)CC(=O)N1. The maximum Gasteiger partial charge on any atom is 0.316 e. The maximum absolute atomic E-state index is 12.2. The second-order valence-electron chi connectivity index (χ2n) is 6.60. The van der Waals surface area contributed by atoms with Crippen molar-refractivity contribution in [1.29, 1.82) is 5.26 Å². The van der Waals surface area contributed by atoms with E-state index in [-0.39, 0.29) is 36.6 Å². The predicted molar refractivity (Wildman–Crippen MR) is 114 cm³/mol. The Hall–Kier alpha value is -3.24. The summed E-state index contributed by atoms with van der Waals surface area (Å²) in [7, 11) is 0. The summed E-state index contributed by atoms with van der Waals surface area (Å²) in [5, 5.41) is 12.8. The Kier molecular flexibility index (Phi) is 7.52. The average Bonchev–Trinajstić information content (AvgIpc) is 2.77. The molecule has 2 aromatic carbocycles. The van der Waals surface area contributed by atoms with E-state index in [0.29, 0.717) is 23.0 Å². The van der Waals surface area contributed by atoms with Crippen LogP contribution in [0.25, 0.3) is 0 Å². The van der Waals surface area contributed by atoms with Crippen LogP contribution < -0.4 is 10.1 Å². The van der Waals surface area contributed by atoms with Crippen molar-refractivity contribution in [1.82, 2.24) is 5.32 Å². The highest BCUT2D eigenvalue weighted by atomic mass is 32.2. The number of nitriles is 1. The molecular weight excluding hydrogens is 400 g/mol. The van der Waals surface area contributed by atoms with Crippen LogP contribution >= 0.6 is 11.8 Å². The molecule has 0 spiro atoms. The van der Waals surface area contributed by atoms with Gasteiger partial charge in [-0.15, -0.1) is 0 Å². The molecule has 2 aromatic rings. The number of hydrogen-bond donors (Lipinski definition) is 1. The van der Waals surface area contributed by atoms with E-state index in [9.17, 15) is 14.9 Å². The molecule has 1 heterocycles. The third-order valence-corrected chi connectivity index (χ3v) is 5.52. The van der Waals surface area contributed by atoms with Gasteiger partial charge in [-0.05, 0) is 30.2 Å². The Bertz CT molecular complexity index is 965. The number of ether oxygens (including phenoxy) is 2. The van der Waals surface area contributed by atoms with Gasteiger partial charge in [-0.3, -0.25) is 9.59 Å². The lowest BCUT2D eigenvalue weighted by molar-refractivity contribution is -0.139. The second-order valence-corrected chi connectivity index (χ2v) is 7.58. The maximum atomic E-state index is 12.2. The summed E-state index contributed by atoms with van der Waals surface area (Å²) in [6.07, 6.45) is 0.177. The molecule has 6 nitrogen and oxygen atoms in total. The molecule has 3 rings (SSSR count). The Labute approximate surface area is 179 Å². The first-order valence-electron chi connectivity index (χ1n) is 9.60. The highest BCUT2D eigenvalue weighted by molar-refractivity contribution is 8.03. The third-order valence-electron chi connectivity index (χ3n) is 4.53. The number of amides is 1. The van der Waals surface area contributed by atoms with E-state index < -0.39 is 0 Å². The van der Waals surface area contributed by atoms with Gasteiger partial charge in [-0.25, -0.2) is 0 Å². The van der Waals surface area contributed by atoms with Crippen LogP contribution in [0.4, 0.5) is 0 Å². The fraction of sp³-hybridized carbons (Fsp3) is 0.261. The van der Waals surface area contributed by atoms with E-state index >= 15 is 0 Å². The van der Waals surface area contributed by atoms with Crippen LogP contribution in [0.1, 0.15) is 30.4 Å². The minimum atomic E-state index is -0.386. The lowest BCUT2D eigenvalue weighted by Gasteiger charge is -2.25. The van der Waals surface area contributed by atoms with Gasteiger partial charge in [0.1, 0.15) is 12.4 Å². The first-order valence-corrected chi connectivity index (χ1v) is 10.6. The Balaban J connectivity index is 1.72. The number of esters is 1. The Morgan fingerprint density at radius 3 is 2.60 bits per heavy atom. The molecule has 0 bridgehead atoms. The van der Waals surface area contributed by atoms with E-state index in [1.54, 1.807) is 6.92 Å². The van der Waals surface area contributed by atoms with Crippen molar-refractivity contribution < 1.29 is 19.1 Å². The normalized spacial score (nSPS) is 15.9. The van der Waals surface area contributed by atoms with Crippen LogP contribution in [0.15, 0.2) is 65.2 Å². The molecule has 0 fully saturated rings. The van der Waals surface area contributed by atoms with Gasteiger partial charge in [0.2, 0.25) is 5.91 Å². The summed E-state index contributed by atoms with van der Waals surface area (Å²) in [5.41, 5.74) is 2.37. The highest BCUT2D eigenvalue weighted by Crippen LogP contribution is 2.36. The molecule has 0 aromatic heterocycles. The highest BCUT2D eigenvalue weighted by Gasteiger charge is 2.30. The van der Waals surface area contributed by atoms with Gasteiger partial charge in [0.25, 0.3) is 0 Å². The van der Waals surface area contributed by atoms with E-state index in [1.807, 2.05) is 54.6 Å². The second kappa shape index (κ2) is 10.5. The number of allylic oxidation sites excluding steroid dienone is 1. The van der Waals surface area contributed by atoms with Crippen LogP contribution in [0.2, 0.25) is 0 Å². The van der Waals surface area contributed by atoms with Crippen molar-refractivity contribution >= 4 is 23.6 Å². The lowest BCUT2D eigenvalue weighted by atomic mass is 9.87. The van der Waals surface area contributed by atoms with Gasteiger partial charge >= 0.3 is 5.97 Å². The summed E-state index contributed by atoms with van der Waals surface area (Å²) in [6.45, 7) is 2.48. The zero-order chi connectivity index (χ0) is 21.3. The zero-order valence-corrected chi connectivity index (χ0v) is 17.4. The molecule has 0 aliphatic carbocycles. The minimum absolute atomic E-state index is 0.0353. The van der Waals surface area contributed by atoms with Gasteiger partial charge in [-0.1, -0.05) is 54.2 Å². The number of rotatable bonds is 8. The zero-order valence-electron chi connectivity index (χ0n) is 16.6. The Morgan fingerprint density at radius 2 is 1.93 bits per heavy atom. The van der Waals surface area contributed by atoms with Crippen molar-refractivity contribution in [2.45, 2.75) is 25.9 Å². The smallest absolute Gasteiger partial charge is 0.316 e. The first kappa shape index (κ1) is 21.5. The summed E-state index contributed by atoms with van der Waals surface area (Å²) >= 11 is 1.12. The first-order chi connectivity index (χ1) is 14.6. The van der Waals surface area contributed by atoms with E-state index in [2.05, 4.69) is 11.4 Å². The number of nitrogens with zero attached hydrogens (tertiary/aromatic N) is 1. The van der Waals surface area contributed by atoms with Crippen LogP contribution in [-0.4, -0.2) is 24.2 Å². The van der Waals surface area contributed by atoms with Crippen LogP contribution in [0.3, 0.4) is 0 Å². The van der Waals surface area contributed by atoms with Crippen LogP contribution in [0.5, 0.6) is 5.75 Å². The molecule has 0 radical (unpaired) electrons. The molecular formula is C23H22N2O4S. The topological polar surface area (TPSA) is 88.4 Å². The average molecular weight is 423 g/mol. The van der Waals surface area contributed by atoms with Gasteiger partial charge in [0.05, 0.1) is 29.0 Å². The lowest BCUT2D eigenvalue weighted by Crippen LogP contribution is -2.31. The van der Waals surface area contributed by atoms with Crippen molar-refractivity contribution in [2.24, 2.45) is 0 Å². The summed E-state index contributed by atoms with van der Waals surface area (Å²) < 4.78 is 10.7. The monoisotopic (exact) mass is 422 g/mol. The fourth-order valence-electron chi connectivity index (χ4n) is 3.09. The molecule has 0 unspecified atom stereocenters. The molecule has 30 heavy (non-hydrogen) atoms. The van der Waals surface area contributed by atoms with Crippen molar-refractivity contribution in [3.63, 3.8) is 0 Å². The number of carbonyl (C=O) groups is 2. The molecule has 0 saturated carbocycles. The van der Waals surface area contributed by atoms with Crippen LogP contribution in [-0.2, 0) is 20.9 Å². The number of nitrogens with one attached hydrogen (secondary N) is 1. The van der Waals surface area contributed by atoms with Crippen molar-refractivity contribution in [3.8, 4) is 11.8 Å². The third kappa shape index (κ3) is 5.65. The number of carbonyl (C=O) groups excluding carboxylic acids is 2. The quantitative estimate of drug-likeness (QED) is 0.649.